The molecule has 0 atom stereocenters. The molecule has 0 bridgehead atoms. The van der Waals surface area contributed by atoms with Gasteiger partial charge in [-0.05, 0) is 42.8 Å². The van der Waals surface area contributed by atoms with E-state index in [0.29, 0.717) is 16.3 Å². The summed E-state index contributed by atoms with van der Waals surface area (Å²) < 4.78 is 10.3. The first-order valence-electron chi connectivity index (χ1n) is 8.90. The van der Waals surface area contributed by atoms with E-state index in [0.717, 1.165) is 17.3 Å². The molecule has 1 aliphatic heterocycles. The summed E-state index contributed by atoms with van der Waals surface area (Å²) in [6, 6.07) is 12.8. The number of carbonyl (C=O) groups is 1. The number of benzene rings is 2. The van der Waals surface area contributed by atoms with E-state index in [1.54, 1.807) is 32.2 Å². The van der Waals surface area contributed by atoms with Gasteiger partial charge in [0.2, 0.25) is 0 Å². The van der Waals surface area contributed by atoms with Crippen LogP contribution in [0.15, 0.2) is 69.8 Å². The number of non-ortho nitro benzene ring substituents is 1. The van der Waals surface area contributed by atoms with Gasteiger partial charge in [0.15, 0.2) is 0 Å². The van der Waals surface area contributed by atoms with Crippen molar-refractivity contribution in [1.29, 1.82) is 0 Å². The Kier molecular flexibility index (Phi) is 6.53. The molecule has 154 valence electrons. The lowest BCUT2D eigenvalue weighted by atomic mass is 10.1. The minimum absolute atomic E-state index is 0.0469. The minimum atomic E-state index is -0.697. The minimum Gasteiger partial charge on any atom is -0.506 e. The second-order valence-electron chi connectivity index (χ2n) is 6.02. The SMILES string of the molecule is CCOC(=O)C1=C(O)C(=Cc2cccc(OC)c2)SC1=Nc1ccc([N+](=O)[O-])cc1. The number of hydrogen-bond donors (Lipinski definition) is 1. The summed E-state index contributed by atoms with van der Waals surface area (Å²) in [5.74, 6) is -0.277. The van der Waals surface area contributed by atoms with Gasteiger partial charge in [-0.15, -0.1) is 0 Å². The summed E-state index contributed by atoms with van der Waals surface area (Å²) in [4.78, 5) is 27.6. The van der Waals surface area contributed by atoms with Gasteiger partial charge < -0.3 is 14.6 Å². The third-order valence-electron chi connectivity index (χ3n) is 4.05. The molecule has 2 aromatic carbocycles. The van der Waals surface area contributed by atoms with Crippen LogP contribution >= 0.6 is 11.8 Å². The lowest BCUT2D eigenvalue weighted by Crippen LogP contribution is -2.12. The maximum atomic E-state index is 12.4. The van der Waals surface area contributed by atoms with Crippen LogP contribution in [0, 0.1) is 10.1 Å². The average molecular weight is 426 g/mol. The van der Waals surface area contributed by atoms with Crippen molar-refractivity contribution in [2.24, 2.45) is 4.99 Å². The van der Waals surface area contributed by atoms with Crippen molar-refractivity contribution in [3.05, 3.63) is 80.4 Å². The molecule has 0 aliphatic carbocycles. The van der Waals surface area contributed by atoms with Crippen molar-refractivity contribution in [2.45, 2.75) is 6.92 Å². The standard InChI is InChI=1S/C21H18N2O6S/c1-3-29-21(25)18-19(24)17(12-13-5-4-6-16(11-13)28-2)30-20(18)22-14-7-9-15(10-8-14)23(26)27/h4-12,24H,3H2,1-2H3. The molecule has 0 saturated carbocycles. The van der Waals surface area contributed by atoms with E-state index < -0.39 is 10.9 Å². The summed E-state index contributed by atoms with van der Waals surface area (Å²) >= 11 is 1.11. The number of aliphatic hydroxyl groups is 1. The number of esters is 1. The fraction of sp³-hybridized carbons (Fsp3) is 0.143. The van der Waals surface area contributed by atoms with Gasteiger partial charge in [0.05, 0.1) is 29.2 Å². The molecule has 8 nitrogen and oxygen atoms in total. The summed E-state index contributed by atoms with van der Waals surface area (Å²) in [5.41, 5.74) is 1.05. The Morgan fingerprint density at radius 2 is 2.00 bits per heavy atom. The van der Waals surface area contributed by atoms with Crippen LogP contribution in [-0.2, 0) is 9.53 Å². The van der Waals surface area contributed by atoms with Gasteiger partial charge in [-0.3, -0.25) is 10.1 Å². The quantitative estimate of drug-likeness (QED) is 0.401. The molecule has 0 amide bonds. The molecular formula is C21H18N2O6S. The molecule has 0 unspecified atom stereocenters. The first-order chi connectivity index (χ1) is 14.4. The van der Waals surface area contributed by atoms with Gasteiger partial charge >= 0.3 is 5.97 Å². The van der Waals surface area contributed by atoms with Crippen molar-refractivity contribution < 1.29 is 24.3 Å². The lowest BCUT2D eigenvalue weighted by Gasteiger charge is -2.03. The number of nitrogens with zero attached hydrogens (tertiary/aromatic N) is 2. The van der Waals surface area contributed by atoms with E-state index in [-0.39, 0.29) is 28.7 Å². The number of carbonyl (C=O) groups excluding carboxylic acids is 1. The number of hydrogen-bond acceptors (Lipinski definition) is 8. The molecular weight excluding hydrogens is 408 g/mol. The van der Waals surface area contributed by atoms with Crippen LogP contribution in [-0.4, -0.2) is 34.8 Å². The van der Waals surface area contributed by atoms with Gasteiger partial charge in [-0.1, -0.05) is 23.9 Å². The maximum absolute atomic E-state index is 12.4. The number of aliphatic imine (C=N–C) groups is 1. The molecule has 9 heteroatoms. The highest BCUT2D eigenvalue weighted by molar-refractivity contribution is 8.18. The Bertz CT molecular complexity index is 1070. The maximum Gasteiger partial charge on any atom is 0.344 e. The van der Waals surface area contributed by atoms with E-state index in [2.05, 4.69) is 4.99 Å². The molecule has 3 rings (SSSR count). The Morgan fingerprint density at radius 3 is 2.63 bits per heavy atom. The topological polar surface area (TPSA) is 111 Å². The number of nitro groups is 1. The van der Waals surface area contributed by atoms with E-state index in [1.807, 2.05) is 12.1 Å². The van der Waals surface area contributed by atoms with E-state index >= 15 is 0 Å². The van der Waals surface area contributed by atoms with Crippen molar-refractivity contribution in [3.8, 4) is 5.75 Å². The van der Waals surface area contributed by atoms with E-state index in [4.69, 9.17) is 9.47 Å². The third-order valence-corrected chi connectivity index (χ3v) is 5.07. The van der Waals surface area contributed by atoms with Gasteiger partial charge in [-0.25, -0.2) is 9.79 Å². The predicted molar refractivity (Wildman–Crippen MR) is 115 cm³/mol. The zero-order valence-electron chi connectivity index (χ0n) is 16.2. The van der Waals surface area contributed by atoms with Crippen molar-refractivity contribution >= 4 is 40.2 Å². The van der Waals surface area contributed by atoms with Crippen LogP contribution in [0.3, 0.4) is 0 Å². The summed E-state index contributed by atoms with van der Waals surface area (Å²) in [6.45, 7) is 1.80. The number of ether oxygens (including phenoxy) is 2. The molecule has 2 aromatic rings. The largest absolute Gasteiger partial charge is 0.506 e. The van der Waals surface area contributed by atoms with Crippen molar-refractivity contribution in [2.75, 3.05) is 13.7 Å². The molecule has 1 N–H and O–H groups in total. The molecule has 1 aliphatic rings. The molecule has 0 radical (unpaired) electrons. The van der Waals surface area contributed by atoms with Crippen LogP contribution in [0.5, 0.6) is 5.75 Å². The lowest BCUT2D eigenvalue weighted by molar-refractivity contribution is -0.384. The predicted octanol–water partition coefficient (Wildman–Crippen LogP) is 4.80. The molecule has 30 heavy (non-hydrogen) atoms. The number of thioether (sulfide) groups is 1. The van der Waals surface area contributed by atoms with Gasteiger partial charge in [0.1, 0.15) is 22.1 Å². The zero-order chi connectivity index (χ0) is 21.7. The number of methoxy groups -OCH3 is 1. The normalized spacial score (nSPS) is 16.2. The molecule has 1 heterocycles. The summed E-state index contributed by atoms with van der Waals surface area (Å²) in [6.07, 6.45) is 1.71. The molecule has 0 fully saturated rings. The third kappa shape index (κ3) is 4.69. The highest BCUT2D eigenvalue weighted by atomic mass is 32.2. The van der Waals surface area contributed by atoms with E-state index in [1.165, 1.54) is 24.3 Å². The van der Waals surface area contributed by atoms with Crippen molar-refractivity contribution in [3.63, 3.8) is 0 Å². The second-order valence-corrected chi connectivity index (χ2v) is 7.05. The fourth-order valence-corrected chi connectivity index (χ4v) is 3.68. The van der Waals surface area contributed by atoms with Crippen molar-refractivity contribution in [1.82, 2.24) is 0 Å². The molecule has 0 aromatic heterocycles. The summed E-state index contributed by atoms with van der Waals surface area (Å²) in [5, 5.41) is 21.8. The first-order valence-corrected chi connectivity index (χ1v) is 9.72. The second kappa shape index (κ2) is 9.27. The monoisotopic (exact) mass is 426 g/mol. The Balaban J connectivity index is 2.01. The van der Waals surface area contributed by atoms with Crippen LogP contribution in [0.2, 0.25) is 0 Å². The van der Waals surface area contributed by atoms with Gasteiger partial charge in [-0.2, -0.15) is 0 Å². The molecule has 0 saturated heterocycles. The number of rotatable bonds is 6. The fourth-order valence-electron chi connectivity index (χ4n) is 2.64. The van der Waals surface area contributed by atoms with Gasteiger partial charge in [0.25, 0.3) is 5.69 Å². The van der Waals surface area contributed by atoms with Crippen LogP contribution in [0.1, 0.15) is 12.5 Å². The summed E-state index contributed by atoms with van der Waals surface area (Å²) in [7, 11) is 1.56. The van der Waals surface area contributed by atoms with Crippen LogP contribution in [0.25, 0.3) is 6.08 Å². The zero-order valence-corrected chi connectivity index (χ0v) is 17.0. The Morgan fingerprint density at radius 1 is 1.27 bits per heavy atom. The molecule has 0 spiro atoms. The van der Waals surface area contributed by atoms with Crippen LogP contribution in [0.4, 0.5) is 11.4 Å². The number of aliphatic hydroxyl groups excluding tert-OH is 1. The number of nitro benzene ring substituents is 1. The smallest absolute Gasteiger partial charge is 0.344 e. The van der Waals surface area contributed by atoms with Crippen LogP contribution < -0.4 is 4.74 Å². The van der Waals surface area contributed by atoms with E-state index in [9.17, 15) is 20.0 Å². The highest BCUT2D eigenvalue weighted by Crippen LogP contribution is 2.40. The Hall–Kier alpha value is -3.59. The Labute approximate surface area is 176 Å². The average Bonchev–Trinajstić information content (AvgIpc) is 3.03. The van der Waals surface area contributed by atoms with Gasteiger partial charge in [0, 0.05) is 12.1 Å². The first kappa shape index (κ1) is 21.1. The highest BCUT2D eigenvalue weighted by Gasteiger charge is 2.33.